The lowest BCUT2D eigenvalue weighted by Crippen LogP contribution is -2.47. The van der Waals surface area contributed by atoms with Gasteiger partial charge in [0.15, 0.2) is 5.82 Å². The predicted octanol–water partition coefficient (Wildman–Crippen LogP) is 2.41. The van der Waals surface area contributed by atoms with Crippen LogP contribution in [0.2, 0.25) is 0 Å². The molecule has 1 aliphatic carbocycles. The van der Waals surface area contributed by atoms with Crippen LogP contribution in [0, 0.1) is 6.92 Å². The molecule has 0 aromatic carbocycles. The standard InChI is InChI=1S/C19H21N7OS/c1-10-7-16(25-24-10)23-19-22-13(8-17-20-11(2)9-26(17)19)14-5-6-15(28-14)18(27)21-12-3-4-12/h5-8,12,17H,3-4,9H2,1-2H3,(H,21,27)(H2,22,23,24,25). The van der Waals surface area contributed by atoms with Gasteiger partial charge in [0.05, 0.1) is 22.0 Å². The summed E-state index contributed by atoms with van der Waals surface area (Å²) in [6.07, 6.45) is 4.15. The SMILES string of the molecule is CC1=NC2C=C(c3ccc(C(=O)NC4CC4)s3)NC(=Nc3cc(C)[nH]n3)N2C1. The Bertz CT molecular complexity index is 1030. The summed E-state index contributed by atoms with van der Waals surface area (Å²) in [5.74, 6) is 1.35. The number of rotatable bonds is 4. The van der Waals surface area contributed by atoms with Crippen LogP contribution in [0.4, 0.5) is 5.82 Å². The Morgan fingerprint density at radius 3 is 2.96 bits per heavy atom. The molecule has 1 saturated carbocycles. The molecule has 28 heavy (non-hydrogen) atoms. The van der Waals surface area contributed by atoms with Crippen molar-refractivity contribution in [2.75, 3.05) is 6.54 Å². The van der Waals surface area contributed by atoms with Crippen molar-refractivity contribution in [1.82, 2.24) is 25.7 Å². The summed E-state index contributed by atoms with van der Waals surface area (Å²) < 4.78 is 0. The van der Waals surface area contributed by atoms with Crippen molar-refractivity contribution in [3.63, 3.8) is 0 Å². The van der Waals surface area contributed by atoms with Gasteiger partial charge in [-0.25, -0.2) is 0 Å². The molecular formula is C19H21N7OS. The summed E-state index contributed by atoms with van der Waals surface area (Å²) in [4.78, 5) is 25.5. The lowest BCUT2D eigenvalue weighted by molar-refractivity contribution is 0.0955. The Morgan fingerprint density at radius 2 is 2.21 bits per heavy atom. The number of guanidine groups is 1. The monoisotopic (exact) mass is 395 g/mol. The molecule has 2 aromatic rings. The van der Waals surface area contributed by atoms with Gasteiger partial charge in [-0.05, 0) is 44.9 Å². The maximum Gasteiger partial charge on any atom is 0.261 e. The zero-order chi connectivity index (χ0) is 19.3. The highest BCUT2D eigenvalue weighted by Crippen LogP contribution is 2.29. The topological polar surface area (TPSA) is 97.8 Å². The zero-order valence-electron chi connectivity index (χ0n) is 15.7. The molecule has 5 rings (SSSR count). The van der Waals surface area contributed by atoms with Gasteiger partial charge in [-0.1, -0.05) is 0 Å². The van der Waals surface area contributed by atoms with Crippen LogP contribution < -0.4 is 10.6 Å². The number of nitrogens with zero attached hydrogens (tertiary/aromatic N) is 4. The molecule has 144 valence electrons. The number of fused-ring (bicyclic) bond motifs is 1. The van der Waals surface area contributed by atoms with Crippen LogP contribution in [0.1, 0.15) is 40.0 Å². The van der Waals surface area contributed by atoms with E-state index in [0.29, 0.717) is 17.8 Å². The van der Waals surface area contributed by atoms with E-state index in [1.165, 1.54) is 11.3 Å². The maximum atomic E-state index is 12.3. The van der Waals surface area contributed by atoms with E-state index in [1.54, 1.807) is 0 Å². The van der Waals surface area contributed by atoms with Gasteiger partial charge in [0.25, 0.3) is 5.91 Å². The molecule has 0 saturated heterocycles. The lowest BCUT2D eigenvalue weighted by atomic mass is 10.2. The normalized spacial score (nSPS) is 22.6. The second kappa shape index (κ2) is 6.59. The van der Waals surface area contributed by atoms with E-state index in [-0.39, 0.29) is 12.1 Å². The highest BCUT2D eigenvalue weighted by molar-refractivity contribution is 7.15. The fourth-order valence-electron chi connectivity index (χ4n) is 3.28. The van der Waals surface area contributed by atoms with Crippen molar-refractivity contribution < 1.29 is 4.79 Å². The van der Waals surface area contributed by atoms with Crippen LogP contribution >= 0.6 is 11.3 Å². The molecule has 2 aliphatic heterocycles. The second-order valence-corrected chi connectivity index (χ2v) is 8.45. The van der Waals surface area contributed by atoms with E-state index in [2.05, 4.69) is 36.8 Å². The first-order valence-electron chi connectivity index (χ1n) is 9.36. The third-order valence-corrected chi connectivity index (χ3v) is 5.94. The maximum absolute atomic E-state index is 12.3. The van der Waals surface area contributed by atoms with E-state index < -0.39 is 0 Å². The Labute approximate surface area is 166 Å². The average Bonchev–Trinajstić information content (AvgIpc) is 3.06. The van der Waals surface area contributed by atoms with Crippen LogP contribution in [-0.2, 0) is 0 Å². The molecule has 0 spiro atoms. The first-order chi connectivity index (χ1) is 13.5. The van der Waals surface area contributed by atoms with E-state index >= 15 is 0 Å². The minimum atomic E-state index is -0.0964. The number of H-pyrrole nitrogens is 1. The van der Waals surface area contributed by atoms with Crippen molar-refractivity contribution in [3.05, 3.63) is 39.7 Å². The molecule has 2 aromatic heterocycles. The van der Waals surface area contributed by atoms with Crippen molar-refractivity contribution >= 4 is 40.4 Å². The average molecular weight is 395 g/mol. The second-order valence-electron chi connectivity index (χ2n) is 7.37. The quantitative estimate of drug-likeness (QED) is 0.740. The highest BCUT2D eigenvalue weighted by Gasteiger charge is 2.32. The van der Waals surface area contributed by atoms with E-state index in [1.807, 2.05) is 32.0 Å². The van der Waals surface area contributed by atoms with Gasteiger partial charge in [0, 0.05) is 23.5 Å². The Hall–Kier alpha value is -2.94. The number of carbonyl (C=O) groups is 1. The van der Waals surface area contributed by atoms with Crippen LogP contribution in [0.25, 0.3) is 5.70 Å². The summed E-state index contributed by atoms with van der Waals surface area (Å²) >= 11 is 1.48. The summed E-state index contributed by atoms with van der Waals surface area (Å²) in [5, 5.41) is 13.6. The first kappa shape index (κ1) is 17.2. The summed E-state index contributed by atoms with van der Waals surface area (Å²) in [6.45, 7) is 4.69. The van der Waals surface area contributed by atoms with Crippen LogP contribution in [0.3, 0.4) is 0 Å². The number of nitrogens with one attached hydrogen (secondary N) is 3. The Morgan fingerprint density at radius 1 is 1.36 bits per heavy atom. The Balaban J connectivity index is 1.44. The first-order valence-corrected chi connectivity index (χ1v) is 10.2. The summed E-state index contributed by atoms with van der Waals surface area (Å²) in [7, 11) is 0. The van der Waals surface area contributed by atoms with Crippen molar-refractivity contribution in [3.8, 4) is 0 Å². The van der Waals surface area contributed by atoms with Gasteiger partial charge in [0.2, 0.25) is 5.96 Å². The molecule has 4 heterocycles. The van der Waals surface area contributed by atoms with Gasteiger partial charge in [-0.2, -0.15) is 10.1 Å². The van der Waals surface area contributed by atoms with Gasteiger partial charge in [-0.15, -0.1) is 11.3 Å². The third-order valence-electron chi connectivity index (χ3n) is 4.83. The molecule has 1 fully saturated rings. The van der Waals surface area contributed by atoms with Crippen LogP contribution in [-0.4, -0.2) is 51.4 Å². The number of amides is 1. The number of aromatic nitrogens is 2. The van der Waals surface area contributed by atoms with E-state index in [0.717, 1.165) is 46.2 Å². The highest BCUT2D eigenvalue weighted by atomic mass is 32.1. The summed E-state index contributed by atoms with van der Waals surface area (Å²) in [5.41, 5.74) is 2.94. The molecule has 3 N–H and O–H groups in total. The van der Waals surface area contributed by atoms with E-state index in [9.17, 15) is 4.79 Å². The van der Waals surface area contributed by atoms with Crippen LogP contribution in [0.15, 0.2) is 34.3 Å². The minimum absolute atomic E-state index is 0.00686. The van der Waals surface area contributed by atoms with Crippen molar-refractivity contribution in [2.45, 2.75) is 38.9 Å². The third kappa shape index (κ3) is 3.33. The van der Waals surface area contributed by atoms with Gasteiger partial charge >= 0.3 is 0 Å². The van der Waals surface area contributed by atoms with Gasteiger partial charge in [-0.3, -0.25) is 14.9 Å². The number of aliphatic imine (C=N–C) groups is 2. The number of hydrogen-bond donors (Lipinski definition) is 3. The van der Waals surface area contributed by atoms with Gasteiger partial charge in [0.1, 0.15) is 6.17 Å². The van der Waals surface area contributed by atoms with Crippen molar-refractivity contribution in [1.29, 1.82) is 0 Å². The molecule has 3 aliphatic rings. The fourth-order valence-corrected chi connectivity index (χ4v) is 4.17. The van der Waals surface area contributed by atoms with Gasteiger partial charge < -0.3 is 15.5 Å². The number of hydrogen-bond acceptors (Lipinski definition) is 5. The zero-order valence-corrected chi connectivity index (χ0v) is 16.5. The molecule has 1 unspecified atom stereocenters. The summed E-state index contributed by atoms with van der Waals surface area (Å²) in [6, 6.07) is 6.11. The predicted molar refractivity (Wildman–Crippen MR) is 110 cm³/mol. The number of aromatic amines is 1. The van der Waals surface area contributed by atoms with E-state index in [4.69, 9.17) is 4.99 Å². The molecule has 1 amide bonds. The van der Waals surface area contributed by atoms with Crippen LogP contribution in [0.5, 0.6) is 0 Å². The molecule has 0 radical (unpaired) electrons. The van der Waals surface area contributed by atoms with Crippen molar-refractivity contribution in [2.24, 2.45) is 9.98 Å². The number of thiophene rings is 1. The minimum Gasteiger partial charge on any atom is -0.349 e. The largest absolute Gasteiger partial charge is 0.349 e. The fraction of sp³-hybridized carbons (Fsp3) is 0.368. The molecule has 9 heteroatoms. The molecule has 0 bridgehead atoms. The number of aryl methyl sites for hydroxylation is 1. The molecular weight excluding hydrogens is 374 g/mol. The molecule has 1 atom stereocenters. The Kier molecular flexibility index (Phi) is 4.04. The molecule has 8 nitrogen and oxygen atoms in total. The smallest absolute Gasteiger partial charge is 0.261 e. The lowest BCUT2D eigenvalue weighted by Gasteiger charge is -2.30. The number of carbonyl (C=O) groups excluding carboxylic acids is 1.